The molecule has 4 rings (SSSR count). The largest absolute Gasteiger partial charge is 0.484 e. The SMILES string of the molecule is NC(=O)COc1cccc(COC(=O)CCCN2C(=O)c3cccc4cccc(c34)C2=O)c1. The lowest BCUT2D eigenvalue weighted by Crippen LogP contribution is -2.41. The van der Waals surface area contributed by atoms with E-state index in [2.05, 4.69) is 0 Å². The first-order valence-electron chi connectivity index (χ1n) is 10.5. The number of hydrogen-bond acceptors (Lipinski definition) is 6. The number of primary amides is 1. The predicted octanol–water partition coefficient (Wildman–Crippen LogP) is 2.82. The van der Waals surface area contributed by atoms with Crippen LogP contribution in [0.4, 0.5) is 0 Å². The second-order valence-corrected chi connectivity index (χ2v) is 7.64. The van der Waals surface area contributed by atoms with E-state index in [0.717, 1.165) is 5.39 Å². The lowest BCUT2D eigenvalue weighted by atomic mass is 9.94. The molecule has 0 radical (unpaired) electrons. The summed E-state index contributed by atoms with van der Waals surface area (Å²) < 4.78 is 10.5. The molecule has 0 fully saturated rings. The van der Waals surface area contributed by atoms with Crippen molar-refractivity contribution in [2.75, 3.05) is 13.2 Å². The number of carbonyl (C=O) groups is 4. The Morgan fingerprint density at radius 1 is 0.909 bits per heavy atom. The second-order valence-electron chi connectivity index (χ2n) is 7.64. The Hall–Kier alpha value is -4.20. The molecule has 1 heterocycles. The van der Waals surface area contributed by atoms with E-state index >= 15 is 0 Å². The molecule has 0 bridgehead atoms. The molecular weight excluding hydrogens is 424 g/mol. The van der Waals surface area contributed by atoms with Gasteiger partial charge in [0, 0.05) is 29.5 Å². The van der Waals surface area contributed by atoms with Gasteiger partial charge in [-0.1, -0.05) is 36.4 Å². The molecule has 33 heavy (non-hydrogen) atoms. The monoisotopic (exact) mass is 446 g/mol. The molecular formula is C25H22N2O6. The number of hydrogen-bond donors (Lipinski definition) is 1. The highest BCUT2D eigenvalue weighted by atomic mass is 16.5. The van der Waals surface area contributed by atoms with Crippen molar-refractivity contribution in [3.8, 4) is 5.75 Å². The summed E-state index contributed by atoms with van der Waals surface area (Å²) in [5, 5.41) is 1.52. The van der Waals surface area contributed by atoms with Crippen molar-refractivity contribution in [3.05, 3.63) is 77.4 Å². The van der Waals surface area contributed by atoms with Gasteiger partial charge in [0.05, 0.1) is 0 Å². The van der Waals surface area contributed by atoms with Crippen molar-refractivity contribution in [1.29, 1.82) is 0 Å². The highest BCUT2D eigenvalue weighted by molar-refractivity contribution is 6.25. The van der Waals surface area contributed by atoms with Crippen molar-refractivity contribution in [2.24, 2.45) is 5.73 Å². The van der Waals surface area contributed by atoms with E-state index in [0.29, 0.717) is 27.8 Å². The molecule has 0 atom stereocenters. The molecule has 0 unspecified atom stereocenters. The van der Waals surface area contributed by atoms with Gasteiger partial charge in [0.15, 0.2) is 6.61 Å². The molecule has 8 nitrogen and oxygen atoms in total. The quantitative estimate of drug-likeness (QED) is 0.399. The number of esters is 1. The van der Waals surface area contributed by atoms with Crippen LogP contribution in [-0.4, -0.2) is 41.7 Å². The molecule has 1 aliphatic rings. The number of nitrogens with two attached hydrogens (primary N) is 1. The fourth-order valence-electron chi connectivity index (χ4n) is 3.78. The highest BCUT2D eigenvalue weighted by Gasteiger charge is 2.32. The van der Waals surface area contributed by atoms with Gasteiger partial charge in [-0.3, -0.25) is 24.1 Å². The fourth-order valence-corrected chi connectivity index (χ4v) is 3.78. The number of ether oxygens (including phenoxy) is 2. The van der Waals surface area contributed by atoms with E-state index in [9.17, 15) is 19.2 Å². The summed E-state index contributed by atoms with van der Waals surface area (Å²) in [5.41, 5.74) is 6.73. The zero-order chi connectivity index (χ0) is 23.4. The minimum absolute atomic E-state index is 0.0313. The van der Waals surface area contributed by atoms with Crippen molar-refractivity contribution >= 4 is 34.5 Å². The Morgan fingerprint density at radius 3 is 2.24 bits per heavy atom. The molecule has 1 aliphatic heterocycles. The van der Waals surface area contributed by atoms with Crippen molar-refractivity contribution < 1.29 is 28.7 Å². The van der Waals surface area contributed by atoms with Crippen molar-refractivity contribution in [3.63, 3.8) is 0 Å². The van der Waals surface area contributed by atoms with Gasteiger partial charge in [0.1, 0.15) is 12.4 Å². The van der Waals surface area contributed by atoms with E-state index in [-0.39, 0.29) is 44.4 Å². The zero-order valence-electron chi connectivity index (χ0n) is 17.8. The van der Waals surface area contributed by atoms with Crippen LogP contribution < -0.4 is 10.5 Å². The Bertz CT molecular complexity index is 1200. The first kappa shape index (κ1) is 22.0. The number of imide groups is 1. The Labute approximate surface area is 189 Å². The van der Waals surface area contributed by atoms with Crippen molar-refractivity contribution in [1.82, 2.24) is 4.90 Å². The Kier molecular flexibility index (Phi) is 6.35. The van der Waals surface area contributed by atoms with Crippen LogP contribution in [-0.2, 0) is 20.9 Å². The first-order valence-corrected chi connectivity index (χ1v) is 10.5. The van der Waals surface area contributed by atoms with Gasteiger partial charge in [-0.05, 0) is 41.6 Å². The molecule has 3 aromatic rings. The maximum Gasteiger partial charge on any atom is 0.306 e. The van der Waals surface area contributed by atoms with Crippen LogP contribution in [0.1, 0.15) is 39.1 Å². The van der Waals surface area contributed by atoms with Gasteiger partial charge in [-0.25, -0.2) is 0 Å². The van der Waals surface area contributed by atoms with Crippen LogP contribution in [0.25, 0.3) is 10.8 Å². The fraction of sp³-hybridized carbons (Fsp3) is 0.200. The number of amides is 3. The van der Waals surface area contributed by atoms with Gasteiger partial charge >= 0.3 is 5.97 Å². The smallest absolute Gasteiger partial charge is 0.306 e. The summed E-state index contributed by atoms with van der Waals surface area (Å²) in [7, 11) is 0. The zero-order valence-corrected chi connectivity index (χ0v) is 17.8. The number of benzene rings is 3. The molecule has 0 saturated heterocycles. The molecule has 0 aliphatic carbocycles. The van der Waals surface area contributed by atoms with Gasteiger partial charge in [-0.15, -0.1) is 0 Å². The summed E-state index contributed by atoms with van der Waals surface area (Å²) >= 11 is 0. The summed E-state index contributed by atoms with van der Waals surface area (Å²) in [6, 6.07) is 17.5. The summed E-state index contributed by atoms with van der Waals surface area (Å²) in [5.74, 6) is -1.30. The third-order valence-corrected chi connectivity index (χ3v) is 5.30. The topological polar surface area (TPSA) is 116 Å². The van der Waals surface area contributed by atoms with Crippen LogP contribution in [0.5, 0.6) is 5.75 Å². The van der Waals surface area contributed by atoms with Crippen molar-refractivity contribution in [2.45, 2.75) is 19.4 Å². The minimum Gasteiger partial charge on any atom is -0.484 e. The average Bonchev–Trinajstić information content (AvgIpc) is 2.82. The van der Waals surface area contributed by atoms with Gasteiger partial charge in [0.25, 0.3) is 17.7 Å². The maximum atomic E-state index is 12.9. The summed E-state index contributed by atoms with van der Waals surface area (Å²) in [4.78, 5) is 49.9. The number of rotatable bonds is 9. The lowest BCUT2D eigenvalue weighted by Gasteiger charge is -2.27. The number of nitrogens with zero attached hydrogens (tertiary/aromatic N) is 1. The predicted molar refractivity (Wildman–Crippen MR) is 119 cm³/mol. The van der Waals surface area contributed by atoms with E-state index in [1.165, 1.54) is 4.90 Å². The molecule has 2 N–H and O–H groups in total. The third kappa shape index (κ3) is 4.85. The summed E-state index contributed by atoms with van der Waals surface area (Å²) in [6.07, 6.45) is 0.344. The second kappa shape index (κ2) is 9.52. The van der Waals surface area contributed by atoms with Gasteiger partial charge in [0.2, 0.25) is 0 Å². The maximum absolute atomic E-state index is 12.9. The van der Waals surface area contributed by atoms with E-state index in [1.807, 2.05) is 12.1 Å². The van der Waals surface area contributed by atoms with Crippen LogP contribution in [0.3, 0.4) is 0 Å². The van der Waals surface area contributed by atoms with Crippen LogP contribution >= 0.6 is 0 Å². The highest BCUT2D eigenvalue weighted by Crippen LogP contribution is 2.30. The summed E-state index contributed by atoms with van der Waals surface area (Å²) in [6.45, 7) is -0.0896. The van der Waals surface area contributed by atoms with Gasteiger partial charge < -0.3 is 15.2 Å². The molecule has 8 heteroatoms. The Morgan fingerprint density at radius 2 is 1.58 bits per heavy atom. The first-order chi connectivity index (χ1) is 15.9. The van der Waals surface area contributed by atoms with E-state index < -0.39 is 11.9 Å². The minimum atomic E-state index is -0.585. The van der Waals surface area contributed by atoms with E-state index in [4.69, 9.17) is 15.2 Å². The molecule has 3 aromatic carbocycles. The molecule has 168 valence electrons. The van der Waals surface area contributed by atoms with E-state index in [1.54, 1.807) is 48.5 Å². The molecule has 0 spiro atoms. The third-order valence-electron chi connectivity index (χ3n) is 5.30. The Balaban J connectivity index is 1.30. The standard InChI is InChI=1S/C25H22N2O6/c26-21(28)15-32-18-8-1-5-16(13-18)14-33-22(29)11-4-12-27-24(30)19-9-2-6-17-7-3-10-20(23(17)19)25(27)31/h1-3,5-10,13H,4,11-12,14-15H2,(H2,26,28). The van der Waals surface area contributed by atoms with Crippen LogP contribution in [0.2, 0.25) is 0 Å². The van der Waals surface area contributed by atoms with Gasteiger partial charge in [-0.2, -0.15) is 0 Å². The normalized spacial score (nSPS) is 12.7. The molecule has 0 saturated carbocycles. The number of carbonyl (C=O) groups excluding carboxylic acids is 4. The molecule has 3 amide bonds. The van der Waals surface area contributed by atoms with Crippen LogP contribution in [0, 0.1) is 0 Å². The lowest BCUT2D eigenvalue weighted by molar-refractivity contribution is -0.145. The van der Waals surface area contributed by atoms with Crippen LogP contribution in [0.15, 0.2) is 60.7 Å². The average molecular weight is 446 g/mol. The molecule has 0 aromatic heterocycles.